The summed E-state index contributed by atoms with van der Waals surface area (Å²) >= 11 is 0. The second-order valence-corrected chi connectivity index (χ2v) is 8.59. The Kier molecular flexibility index (Phi) is 9.95. The van der Waals surface area contributed by atoms with Gasteiger partial charge in [0.25, 0.3) is 0 Å². The highest BCUT2D eigenvalue weighted by Gasteiger charge is 2.39. The Hall–Kier alpha value is -3.55. The zero-order chi connectivity index (χ0) is 25.0. The van der Waals surface area contributed by atoms with E-state index in [0.29, 0.717) is 19.5 Å². The summed E-state index contributed by atoms with van der Waals surface area (Å²) in [7, 11) is 1.25. The predicted molar refractivity (Wildman–Crippen MR) is 134 cm³/mol. The van der Waals surface area contributed by atoms with E-state index < -0.39 is 29.1 Å². The Balaban J connectivity index is 1.97. The van der Waals surface area contributed by atoms with Crippen molar-refractivity contribution in [3.63, 3.8) is 0 Å². The zero-order valence-corrected chi connectivity index (χ0v) is 19.9. The maximum Gasteiger partial charge on any atom is 0.305 e. The molecule has 7 nitrogen and oxygen atoms in total. The quantitative estimate of drug-likeness (QED) is 0.225. The molecule has 3 aromatic carbocycles. The third-order valence-corrected chi connectivity index (χ3v) is 6.14. The Morgan fingerprint density at radius 3 is 1.77 bits per heavy atom. The van der Waals surface area contributed by atoms with Crippen molar-refractivity contribution in [2.45, 2.75) is 50.5 Å². The van der Waals surface area contributed by atoms with E-state index in [4.69, 9.17) is 0 Å². The van der Waals surface area contributed by atoms with E-state index in [0.717, 1.165) is 16.7 Å². The Labute approximate surface area is 206 Å². The number of methoxy groups -OCH3 is 1. The van der Waals surface area contributed by atoms with Crippen molar-refractivity contribution in [3.8, 4) is 0 Å². The lowest BCUT2D eigenvalue weighted by molar-refractivity contribution is -0.537. The standard InChI is InChI=1S/C28H32N2O5/c1-35-27(31)18-17-25(30(33)34)28(32)26(19-22-11-5-2-6-12-22)29(20-23-13-7-3-8-14-23)21-24-15-9-4-10-16-24/h2-16,25-26,28,32H,17-21H2,1H3/t25?,26-,28?/m0/s1. The summed E-state index contributed by atoms with van der Waals surface area (Å²) in [6.45, 7) is 1.01. The molecule has 0 saturated carbocycles. The van der Waals surface area contributed by atoms with E-state index in [1.54, 1.807) is 0 Å². The van der Waals surface area contributed by atoms with Crippen LogP contribution in [0.15, 0.2) is 91.0 Å². The van der Waals surface area contributed by atoms with E-state index in [9.17, 15) is 20.0 Å². The van der Waals surface area contributed by atoms with Gasteiger partial charge in [-0.3, -0.25) is 19.8 Å². The number of esters is 1. The van der Waals surface area contributed by atoms with Crippen LogP contribution in [0.4, 0.5) is 0 Å². The molecule has 0 saturated heterocycles. The van der Waals surface area contributed by atoms with Gasteiger partial charge in [0.05, 0.1) is 13.5 Å². The first-order valence-electron chi connectivity index (χ1n) is 11.7. The molecule has 0 heterocycles. The van der Waals surface area contributed by atoms with Crippen LogP contribution in [0.3, 0.4) is 0 Å². The molecule has 7 heteroatoms. The number of carbonyl (C=O) groups is 1. The van der Waals surface area contributed by atoms with Crippen LogP contribution in [0.2, 0.25) is 0 Å². The first-order valence-corrected chi connectivity index (χ1v) is 11.7. The van der Waals surface area contributed by atoms with Gasteiger partial charge in [-0.15, -0.1) is 0 Å². The number of aliphatic hydroxyl groups excluding tert-OH is 1. The SMILES string of the molecule is COC(=O)CCC(C(O)[C@H](Cc1ccccc1)N(Cc1ccccc1)Cc1ccccc1)[N+](=O)[O-]. The molecule has 35 heavy (non-hydrogen) atoms. The van der Waals surface area contributed by atoms with Crippen LogP contribution in [-0.2, 0) is 29.0 Å². The van der Waals surface area contributed by atoms with Crippen molar-refractivity contribution in [2.24, 2.45) is 0 Å². The van der Waals surface area contributed by atoms with Gasteiger partial charge < -0.3 is 9.84 Å². The van der Waals surface area contributed by atoms with Crippen LogP contribution in [0.1, 0.15) is 29.5 Å². The lowest BCUT2D eigenvalue weighted by Gasteiger charge is -2.36. The van der Waals surface area contributed by atoms with Crippen LogP contribution in [0.25, 0.3) is 0 Å². The number of rotatable bonds is 13. The van der Waals surface area contributed by atoms with Crippen LogP contribution in [0.5, 0.6) is 0 Å². The monoisotopic (exact) mass is 476 g/mol. The van der Waals surface area contributed by atoms with E-state index in [1.807, 2.05) is 91.0 Å². The molecule has 184 valence electrons. The molecule has 0 aliphatic carbocycles. The number of nitrogens with zero attached hydrogens (tertiary/aromatic N) is 2. The number of aliphatic hydroxyl groups is 1. The minimum Gasteiger partial charge on any atom is -0.469 e. The number of nitro groups is 1. The first kappa shape index (κ1) is 26.1. The minimum absolute atomic E-state index is 0.101. The lowest BCUT2D eigenvalue weighted by atomic mass is 9.92. The highest BCUT2D eigenvalue weighted by Crippen LogP contribution is 2.23. The third-order valence-electron chi connectivity index (χ3n) is 6.14. The maximum absolute atomic E-state index is 12.0. The topological polar surface area (TPSA) is 92.9 Å². The summed E-state index contributed by atoms with van der Waals surface area (Å²) in [6, 6.07) is 27.5. The number of ether oxygens (including phenoxy) is 1. The highest BCUT2D eigenvalue weighted by atomic mass is 16.6. The normalized spacial score (nSPS) is 13.7. The smallest absolute Gasteiger partial charge is 0.305 e. The van der Waals surface area contributed by atoms with Gasteiger partial charge in [0.1, 0.15) is 6.10 Å². The Morgan fingerprint density at radius 1 is 0.886 bits per heavy atom. The molecule has 0 bridgehead atoms. The second-order valence-electron chi connectivity index (χ2n) is 8.59. The van der Waals surface area contributed by atoms with Gasteiger partial charge in [-0.2, -0.15) is 0 Å². The van der Waals surface area contributed by atoms with E-state index in [1.165, 1.54) is 7.11 Å². The maximum atomic E-state index is 12.0. The minimum atomic E-state index is -1.31. The highest BCUT2D eigenvalue weighted by molar-refractivity contribution is 5.69. The van der Waals surface area contributed by atoms with Gasteiger partial charge in [-0.1, -0.05) is 91.0 Å². The van der Waals surface area contributed by atoms with Gasteiger partial charge in [-0.05, 0) is 23.1 Å². The predicted octanol–water partition coefficient (Wildman–Crippen LogP) is 4.26. The summed E-state index contributed by atoms with van der Waals surface area (Å²) in [5.41, 5.74) is 3.06. The van der Waals surface area contributed by atoms with Crippen molar-refractivity contribution < 1.29 is 19.6 Å². The number of benzene rings is 3. The van der Waals surface area contributed by atoms with Crippen LogP contribution in [-0.4, -0.2) is 46.2 Å². The largest absolute Gasteiger partial charge is 0.469 e. The van der Waals surface area contributed by atoms with Crippen LogP contribution >= 0.6 is 0 Å². The molecule has 1 N–H and O–H groups in total. The molecule has 0 aliphatic heterocycles. The Bertz CT molecular complexity index is 1010. The van der Waals surface area contributed by atoms with Crippen molar-refractivity contribution in [1.82, 2.24) is 4.90 Å². The molecule has 2 unspecified atom stereocenters. The molecule has 0 aromatic heterocycles. The van der Waals surface area contributed by atoms with Gasteiger partial charge in [0, 0.05) is 30.5 Å². The molecule has 0 fully saturated rings. The van der Waals surface area contributed by atoms with E-state index in [2.05, 4.69) is 9.64 Å². The number of hydrogen-bond donors (Lipinski definition) is 1. The molecular formula is C28H32N2O5. The first-order chi connectivity index (χ1) is 17.0. The van der Waals surface area contributed by atoms with Gasteiger partial charge in [-0.25, -0.2) is 0 Å². The van der Waals surface area contributed by atoms with E-state index >= 15 is 0 Å². The van der Waals surface area contributed by atoms with Crippen molar-refractivity contribution in [2.75, 3.05) is 7.11 Å². The van der Waals surface area contributed by atoms with Gasteiger partial charge in [0.15, 0.2) is 0 Å². The van der Waals surface area contributed by atoms with Crippen molar-refractivity contribution in [1.29, 1.82) is 0 Å². The fourth-order valence-corrected chi connectivity index (χ4v) is 4.27. The average Bonchev–Trinajstić information content (AvgIpc) is 2.88. The molecule has 0 amide bonds. The van der Waals surface area contributed by atoms with Gasteiger partial charge in [0.2, 0.25) is 6.04 Å². The fraction of sp³-hybridized carbons (Fsp3) is 0.321. The number of carbonyl (C=O) groups excluding carboxylic acids is 1. The average molecular weight is 477 g/mol. The molecular weight excluding hydrogens is 444 g/mol. The third kappa shape index (κ3) is 8.02. The van der Waals surface area contributed by atoms with Crippen LogP contribution < -0.4 is 0 Å². The lowest BCUT2D eigenvalue weighted by Crippen LogP contribution is -2.51. The van der Waals surface area contributed by atoms with Crippen molar-refractivity contribution >= 4 is 5.97 Å². The summed E-state index contributed by atoms with van der Waals surface area (Å²) < 4.78 is 4.67. The van der Waals surface area contributed by atoms with Gasteiger partial charge >= 0.3 is 5.97 Å². The molecule has 0 spiro atoms. The molecule has 3 aromatic rings. The molecule has 3 atom stereocenters. The van der Waals surface area contributed by atoms with E-state index in [-0.39, 0.29) is 12.8 Å². The zero-order valence-electron chi connectivity index (χ0n) is 19.9. The Morgan fingerprint density at radius 2 is 1.34 bits per heavy atom. The summed E-state index contributed by atoms with van der Waals surface area (Å²) in [5.74, 6) is -0.533. The van der Waals surface area contributed by atoms with Crippen LogP contribution in [0, 0.1) is 10.1 Å². The van der Waals surface area contributed by atoms with Crippen molar-refractivity contribution in [3.05, 3.63) is 118 Å². The second kappa shape index (κ2) is 13.4. The molecule has 0 radical (unpaired) electrons. The summed E-state index contributed by atoms with van der Waals surface area (Å²) in [6.07, 6.45) is -1.11. The number of hydrogen-bond acceptors (Lipinski definition) is 6. The molecule has 0 aliphatic rings. The summed E-state index contributed by atoms with van der Waals surface area (Å²) in [4.78, 5) is 25.3. The summed E-state index contributed by atoms with van der Waals surface area (Å²) in [5, 5.41) is 23.5. The molecule has 3 rings (SSSR count). The fourth-order valence-electron chi connectivity index (χ4n) is 4.27.